The first kappa shape index (κ1) is 70.9. The highest BCUT2D eigenvalue weighted by Gasteiger charge is 2.16. The fraction of sp³-hybridized carbons (Fsp3) is 0.970. The Bertz CT molecular complexity index is 1010. The molecule has 0 spiro atoms. The van der Waals surface area contributed by atoms with Crippen LogP contribution in [0, 0.1) is 0 Å². The average Bonchev–Trinajstić information content (AvgIpc) is 3.38. The molecular formula is C67H132O5. The predicted octanol–water partition coefficient (Wildman–Crippen LogP) is 22.9. The molecule has 430 valence electrons. The van der Waals surface area contributed by atoms with Gasteiger partial charge in [0.05, 0.1) is 6.61 Å². The van der Waals surface area contributed by atoms with Crippen molar-refractivity contribution in [1.82, 2.24) is 0 Å². The molecule has 0 rings (SSSR count). The van der Waals surface area contributed by atoms with Gasteiger partial charge >= 0.3 is 11.9 Å². The quantitative estimate of drug-likeness (QED) is 0.0485. The van der Waals surface area contributed by atoms with Crippen molar-refractivity contribution >= 4 is 11.9 Å². The molecule has 0 aliphatic heterocycles. The molecule has 0 heterocycles. The molecule has 0 radical (unpaired) electrons. The van der Waals surface area contributed by atoms with Crippen LogP contribution in [0.25, 0.3) is 0 Å². The summed E-state index contributed by atoms with van der Waals surface area (Å²) in [5.41, 5.74) is 0. The summed E-state index contributed by atoms with van der Waals surface area (Å²) in [6.45, 7) is 4.21. The van der Waals surface area contributed by atoms with Crippen LogP contribution in [0.1, 0.15) is 399 Å². The Morgan fingerprint density at radius 1 is 0.264 bits per heavy atom. The second kappa shape index (κ2) is 64.2. The van der Waals surface area contributed by atoms with Gasteiger partial charge < -0.3 is 14.6 Å². The number of rotatable bonds is 64. The van der Waals surface area contributed by atoms with E-state index in [4.69, 9.17) is 9.47 Å². The van der Waals surface area contributed by atoms with Crippen LogP contribution in [-0.2, 0) is 19.1 Å². The zero-order chi connectivity index (χ0) is 52.0. The van der Waals surface area contributed by atoms with E-state index in [9.17, 15) is 14.7 Å². The van der Waals surface area contributed by atoms with Gasteiger partial charge in [0.15, 0.2) is 6.10 Å². The minimum absolute atomic E-state index is 0.0558. The van der Waals surface area contributed by atoms with E-state index in [2.05, 4.69) is 13.8 Å². The van der Waals surface area contributed by atoms with Crippen molar-refractivity contribution in [1.29, 1.82) is 0 Å². The van der Waals surface area contributed by atoms with Gasteiger partial charge in [0.1, 0.15) is 6.61 Å². The van der Waals surface area contributed by atoms with Gasteiger partial charge in [-0.3, -0.25) is 9.59 Å². The number of hydrogen-bond acceptors (Lipinski definition) is 5. The van der Waals surface area contributed by atoms with Crippen LogP contribution in [-0.4, -0.2) is 36.4 Å². The Kier molecular flexibility index (Phi) is 63.2. The fourth-order valence-corrected chi connectivity index (χ4v) is 10.9. The molecule has 0 bridgehead atoms. The summed E-state index contributed by atoms with van der Waals surface area (Å²) in [7, 11) is 0. The van der Waals surface area contributed by atoms with Gasteiger partial charge in [0.25, 0.3) is 0 Å². The molecule has 0 saturated heterocycles. The van der Waals surface area contributed by atoms with Gasteiger partial charge in [-0.1, -0.05) is 373 Å². The molecule has 1 unspecified atom stereocenters. The Balaban J connectivity index is 3.31. The molecule has 0 aromatic heterocycles. The normalized spacial score (nSPS) is 12.0. The number of carbonyl (C=O) groups excluding carboxylic acids is 2. The standard InChI is InChI=1S/C67H132O5/c1-3-5-7-9-11-13-15-17-19-21-22-23-24-25-26-27-28-29-30-31-32-33-34-35-36-37-38-39-40-41-42-43-44-46-48-50-52-54-56-58-60-62-67(70)72-65(63-68)64-71-66(69)61-59-57-55-53-51-49-47-45-20-18-16-14-12-10-8-6-4-2/h65,68H,3-64H2,1-2H3. The average molecular weight is 1020 g/mol. The number of unbranched alkanes of at least 4 members (excludes halogenated alkanes) is 56. The number of esters is 2. The molecule has 0 aliphatic carbocycles. The van der Waals surface area contributed by atoms with Crippen molar-refractivity contribution in [3.63, 3.8) is 0 Å². The Labute approximate surface area is 452 Å². The maximum absolute atomic E-state index is 12.3. The molecule has 0 aromatic carbocycles. The third-order valence-corrected chi connectivity index (χ3v) is 15.9. The minimum Gasteiger partial charge on any atom is -0.462 e. The van der Waals surface area contributed by atoms with E-state index >= 15 is 0 Å². The van der Waals surface area contributed by atoms with Crippen molar-refractivity contribution in [2.45, 2.75) is 405 Å². The van der Waals surface area contributed by atoms with Crippen molar-refractivity contribution in [2.24, 2.45) is 0 Å². The number of ether oxygens (including phenoxy) is 2. The van der Waals surface area contributed by atoms with E-state index in [1.54, 1.807) is 0 Å². The lowest BCUT2D eigenvalue weighted by Gasteiger charge is -2.15. The van der Waals surface area contributed by atoms with Gasteiger partial charge in [-0.2, -0.15) is 0 Å². The molecule has 0 aromatic rings. The molecule has 1 N–H and O–H groups in total. The van der Waals surface area contributed by atoms with Crippen LogP contribution >= 0.6 is 0 Å². The number of aliphatic hydroxyl groups excluding tert-OH is 1. The maximum atomic E-state index is 12.3. The molecule has 1 atom stereocenters. The maximum Gasteiger partial charge on any atom is 0.306 e. The fourth-order valence-electron chi connectivity index (χ4n) is 10.9. The summed E-state index contributed by atoms with van der Waals surface area (Å²) >= 11 is 0. The van der Waals surface area contributed by atoms with Crippen LogP contribution in [0.3, 0.4) is 0 Å². The van der Waals surface area contributed by atoms with Crippen LogP contribution in [0.5, 0.6) is 0 Å². The largest absolute Gasteiger partial charge is 0.462 e. The van der Waals surface area contributed by atoms with E-state index in [1.165, 1.54) is 340 Å². The summed E-state index contributed by atoms with van der Waals surface area (Å²) in [6.07, 6.45) is 80.1. The lowest BCUT2D eigenvalue weighted by atomic mass is 10.0. The number of hydrogen-bond donors (Lipinski definition) is 1. The third kappa shape index (κ3) is 61.4. The highest BCUT2D eigenvalue weighted by Crippen LogP contribution is 2.20. The van der Waals surface area contributed by atoms with E-state index in [0.717, 1.165) is 32.1 Å². The third-order valence-electron chi connectivity index (χ3n) is 15.9. The van der Waals surface area contributed by atoms with Crippen molar-refractivity contribution in [3.8, 4) is 0 Å². The van der Waals surface area contributed by atoms with E-state index in [1.807, 2.05) is 0 Å². The van der Waals surface area contributed by atoms with Crippen molar-refractivity contribution in [2.75, 3.05) is 13.2 Å². The summed E-state index contributed by atoms with van der Waals surface area (Å²) in [4.78, 5) is 24.5. The van der Waals surface area contributed by atoms with Gasteiger partial charge in [0.2, 0.25) is 0 Å². The molecule has 0 saturated carbocycles. The SMILES string of the molecule is CCCCCCCCCCCCCCCCCCCCCCCCCCCCCCCCCCCCCCCCCCCC(=O)OC(CO)COC(=O)CCCCCCCCCCCCCCCCCCC. The first-order chi connectivity index (χ1) is 35.6. The second-order valence-electron chi connectivity index (χ2n) is 23.3. The lowest BCUT2D eigenvalue weighted by molar-refractivity contribution is -0.161. The van der Waals surface area contributed by atoms with Crippen molar-refractivity contribution in [3.05, 3.63) is 0 Å². The Morgan fingerprint density at radius 3 is 0.611 bits per heavy atom. The van der Waals surface area contributed by atoms with E-state index < -0.39 is 6.10 Å². The summed E-state index contributed by atoms with van der Waals surface area (Å²) in [6, 6.07) is 0. The Hall–Kier alpha value is -1.10. The molecule has 0 amide bonds. The molecular weight excluding hydrogens is 885 g/mol. The minimum atomic E-state index is -0.764. The molecule has 5 heteroatoms. The summed E-state index contributed by atoms with van der Waals surface area (Å²) in [5.74, 6) is -0.562. The van der Waals surface area contributed by atoms with Crippen LogP contribution in [0.15, 0.2) is 0 Å². The Morgan fingerprint density at radius 2 is 0.431 bits per heavy atom. The first-order valence-electron chi connectivity index (χ1n) is 33.6. The first-order valence-corrected chi connectivity index (χ1v) is 33.6. The zero-order valence-electron chi connectivity index (χ0n) is 49.5. The van der Waals surface area contributed by atoms with E-state index in [-0.39, 0.29) is 25.2 Å². The highest BCUT2D eigenvalue weighted by molar-refractivity contribution is 5.70. The van der Waals surface area contributed by atoms with Gasteiger partial charge in [0, 0.05) is 12.8 Å². The van der Waals surface area contributed by atoms with Crippen LogP contribution in [0.4, 0.5) is 0 Å². The summed E-state index contributed by atoms with van der Waals surface area (Å²) in [5, 5.41) is 9.66. The summed E-state index contributed by atoms with van der Waals surface area (Å²) < 4.78 is 10.7. The topological polar surface area (TPSA) is 72.8 Å². The van der Waals surface area contributed by atoms with E-state index in [0.29, 0.717) is 12.8 Å². The monoisotopic (exact) mass is 1020 g/mol. The number of carbonyl (C=O) groups is 2. The zero-order valence-corrected chi connectivity index (χ0v) is 49.5. The van der Waals surface area contributed by atoms with Crippen LogP contribution in [0.2, 0.25) is 0 Å². The number of aliphatic hydroxyl groups is 1. The van der Waals surface area contributed by atoms with Crippen molar-refractivity contribution < 1.29 is 24.2 Å². The molecule has 0 aliphatic rings. The smallest absolute Gasteiger partial charge is 0.306 e. The molecule has 72 heavy (non-hydrogen) atoms. The predicted molar refractivity (Wildman–Crippen MR) is 316 cm³/mol. The second-order valence-corrected chi connectivity index (χ2v) is 23.3. The highest BCUT2D eigenvalue weighted by atomic mass is 16.6. The molecule has 0 fully saturated rings. The van der Waals surface area contributed by atoms with Crippen LogP contribution < -0.4 is 0 Å². The molecule has 5 nitrogen and oxygen atoms in total. The lowest BCUT2D eigenvalue weighted by Crippen LogP contribution is -2.28. The van der Waals surface area contributed by atoms with Gasteiger partial charge in [-0.15, -0.1) is 0 Å². The van der Waals surface area contributed by atoms with Gasteiger partial charge in [-0.05, 0) is 12.8 Å². The van der Waals surface area contributed by atoms with Gasteiger partial charge in [-0.25, -0.2) is 0 Å².